The zero-order chi connectivity index (χ0) is 24.3. The first kappa shape index (κ1) is 22.0. The molecule has 1 atom stereocenters. The summed E-state index contributed by atoms with van der Waals surface area (Å²) in [6, 6.07) is 4.32. The van der Waals surface area contributed by atoms with Gasteiger partial charge >= 0.3 is 0 Å². The Morgan fingerprint density at radius 2 is 2.09 bits per heavy atom. The van der Waals surface area contributed by atoms with E-state index >= 15 is 0 Å². The zero-order valence-electron chi connectivity index (χ0n) is 19.9. The fraction of sp³-hybridized carbons (Fsp3) is 0.462. The van der Waals surface area contributed by atoms with Gasteiger partial charge in [0.05, 0.1) is 23.7 Å². The SMILES string of the molecule is CC(=O)N1CC(NC(=O)c2c(C)[nH]c3c(-c4cc(F)ccc4OCC4CC4)ncnc23)C2(CC2)C1. The van der Waals surface area contributed by atoms with Gasteiger partial charge in [-0.3, -0.25) is 9.59 Å². The predicted octanol–water partition coefficient (Wildman–Crippen LogP) is 3.60. The first-order chi connectivity index (χ1) is 16.8. The summed E-state index contributed by atoms with van der Waals surface area (Å²) in [5, 5.41) is 3.17. The van der Waals surface area contributed by atoms with Crippen molar-refractivity contribution in [3.8, 4) is 17.0 Å². The molecule has 8 nitrogen and oxygen atoms in total. The third-order valence-corrected chi connectivity index (χ3v) is 7.66. The van der Waals surface area contributed by atoms with Gasteiger partial charge < -0.3 is 19.9 Å². The van der Waals surface area contributed by atoms with Crippen molar-refractivity contribution in [3.05, 3.63) is 41.6 Å². The van der Waals surface area contributed by atoms with Gasteiger partial charge in [-0.2, -0.15) is 0 Å². The Morgan fingerprint density at radius 1 is 1.29 bits per heavy atom. The monoisotopic (exact) mass is 477 g/mol. The number of hydrogen-bond donors (Lipinski definition) is 2. The lowest BCUT2D eigenvalue weighted by molar-refractivity contribution is -0.128. The van der Waals surface area contributed by atoms with E-state index in [0.717, 1.165) is 25.7 Å². The maximum absolute atomic E-state index is 14.2. The molecule has 1 unspecified atom stereocenters. The van der Waals surface area contributed by atoms with E-state index in [4.69, 9.17) is 4.74 Å². The molecule has 1 aromatic carbocycles. The molecule has 35 heavy (non-hydrogen) atoms. The number of H-pyrrole nitrogens is 1. The third kappa shape index (κ3) is 3.92. The van der Waals surface area contributed by atoms with Crippen LogP contribution in [0.15, 0.2) is 24.5 Å². The number of amides is 2. The molecule has 0 radical (unpaired) electrons. The Labute approximate surface area is 202 Å². The first-order valence-corrected chi connectivity index (χ1v) is 12.2. The molecular formula is C26H28FN5O3. The lowest BCUT2D eigenvalue weighted by Gasteiger charge is -2.18. The highest BCUT2D eigenvalue weighted by Gasteiger charge is 2.56. The highest BCUT2D eigenvalue weighted by molar-refractivity contribution is 6.09. The third-order valence-electron chi connectivity index (χ3n) is 7.66. The van der Waals surface area contributed by atoms with E-state index in [2.05, 4.69) is 20.3 Å². The molecule has 1 spiro atoms. The summed E-state index contributed by atoms with van der Waals surface area (Å²) >= 11 is 0. The van der Waals surface area contributed by atoms with E-state index < -0.39 is 5.82 Å². The van der Waals surface area contributed by atoms with Crippen molar-refractivity contribution in [1.29, 1.82) is 0 Å². The summed E-state index contributed by atoms with van der Waals surface area (Å²) in [6.45, 7) is 5.19. The summed E-state index contributed by atoms with van der Waals surface area (Å²) in [5.74, 6) is 0.513. The lowest BCUT2D eigenvalue weighted by atomic mass is 10.0. The van der Waals surface area contributed by atoms with E-state index in [1.54, 1.807) is 13.0 Å². The number of fused-ring (bicyclic) bond motifs is 1. The Bertz CT molecular complexity index is 1340. The number of rotatable bonds is 6. The number of hydrogen-bond acceptors (Lipinski definition) is 5. The van der Waals surface area contributed by atoms with Crippen LogP contribution in [0, 0.1) is 24.1 Å². The van der Waals surface area contributed by atoms with Gasteiger partial charge in [0.2, 0.25) is 5.91 Å². The molecule has 3 aromatic rings. The molecule has 182 valence electrons. The molecule has 6 rings (SSSR count). The summed E-state index contributed by atoms with van der Waals surface area (Å²) in [5.41, 5.74) is 3.14. The van der Waals surface area contributed by atoms with E-state index in [0.29, 0.717) is 64.9 Å². The summed E-state index contributed by atoms with van der Waals surface area (Å²) in [6.07, 6.45) is 5.70. The van der Waals surface area contributed by atoms with Crippen molar-refractivity contribution < 1.29 is 18.7 Å². The number of aromatic amines is 1. The van der Waals surface area contributed by atoms with Gasteiger partial charge in [-0.25, -0.2) is 14.4 Å². The van der Waals surface area contributed by atoms with Crippen LogP contribution in [0.3, 0.4) is 0 Å². The van der Waals surface area contributed by atoms with Gasteiger partial charge in [0.1, 0.15) is 29.1 Å². The molecule has 1 aliphatic heterocycles. The van der Waals surface area contributed by atoms with Crippen LogP contribution in [0.2, 0.25) is 0 Å². The fourth-order valence-electron chi connectivity index (χ4n) is 5.21. The second kappa shape index (κ2) is 8.03. The Balaban J connectivity index is 1.34. The largest absolute Gasteiger partial charge is 0.493 e. The number of benzene rings is 1. The van der Waals surface area contributed by atoms with Gasteiger partial charge in [0.15, 0.2) is 0 Å². The molecule has 2 N–H and O–H groups in total. The number of nitrogens with one attached hydrogen (secondary N) is 2. The lowest BCUT2D eigenvalue weighted by Crippen LogP contribution is -2.41. The van der Waals surface area contributed by atoms with Gasteiger partial charge in [0.25, 0.3) is 5.91 Å². The minimum absolute atomic E-state index is 0.0170. The van der Waals surface area contributed by atoms with E-state index in [-0.39, 0.29) is 23.3 Å². The van der Waals surface area contributed by atoms with Crippen molar-refractivity contribution >= 4 is 22.8 Å². The van der Waals surface area contributed by atoms with Crippen LogP contribution in [-0.2, 0) is 4.79 Å². The number of carbonyl (C=O) groups is 2. The Hall–Kier alpha value is -3.49. The average molecular weight is 478 g/mol. The molecule has 1 saturated heterocycles. The summed E-state index contributed by atoms with van der Waals surface area (Å²) in [4.78, 5) is 39.3. The van der Waals surface area contributed by atoms with E-state index in [9.17, 15) is 14.0 Å². The molecule has 2 amide bonds. The van der Waals surface area contributed by atoms with Crippen molar-refractivity contribution in [2.45, 2.75) is 45.6 Å². The predicted molar refractivity (Wildman–Crippen MR) is 127 cm³/mol. The fourth-order valence-corrected chi connectivity index (χ4v) is 5.21. The van der Waals surface area contributed by atoms with Crippen molar-refractivity contribution in [2.24, 2.45) is 11.3 Å². The quantitative estimate of drug-likeness (QED) is 0.565. The number of aryl methyl sites for hydroxylation is 1. The summed E-state index contributed by atoms with van der Waals surface area (Å²) in [7, 11) is 0. The van der Waals surface area contributed by atoms with Crippen molar-refractivity contribution in [2.75, 3.05) is 19.7 Å². The van der Waals surface area contributed by atoms with Gasteiger partial charge in [-0.15, -0.1) is 0 Å². The number of halogens is 1. The van der Waals surface area contributed by atoms with Crippen molar-refractivity contribution in [1.82, 2.24) is 25.2 Å². The Morgan fingerprint density at radius 3 is 2.80 bits per heavy atom. The normalized spacial score (nSPS) is 20.4. The minimum atomic E-state index is -0.391. The molecule has 3 heterocycles. The number of nitrogens with zero attached hydrogens (tertiary/aromatic N) is 3. The maximum Gasteiger partial charge on any atom is 0.255 e. The molecular weight excluding hydrogens is 449 g/mol. The second-order valence-corrected chi connectivity index (χ2v) is 10.3. The topological polar surface area (TPSA) is 100 Å². The number of likely N-dealkylation sites (tertiary alicyclic amines) is 1. The highest BCUT2D eigenvalue weighted by atomic mass is 19.1. The second-order valence-electron chi connectivity index (χ2n) is 10.3. The van der Waals surface area contributed by atoms with Crippen LogP contribution in [-0.4, -0.2) is 57.4 Å². The van der Waals surface area contributed by atoms with Crippen LogP contribution in [0.25, 0.3) is 22.3 Å². The molecule has 9 heteroatoms. The van der Waals surface area contributed by atoms with Gasteiger partial charge in [0, 0.05) is 36.7 Å². The maximum atomic E-state index is 14.2. The molecule has 3 aliphatic rings. The molecule has 3 fully saturated rings. The molecule has 2 saturated carbocycles. The molecule has 2 aromatic heterocycles. The van der Waals surface area contributed by atoms with Crippen molar-refractivity contribution in [3.63, 3.8) is 0 Å². The summed E-state index contributed by atoms with van der Waals surface area (Å²) < 4.78 is 20.2. The van der Waals surface area contributed by atoms with Gasteiger partial charge in [-0.05, 0) is 56.7 Å². The van der Waals surface area contributed by atoms with Crippen LogP contribution >= 0.6 is 0 Å². The number of ether oxygens (including phenoxy) is 1. The Kier molecular flexibility index (Phi) is 5.05. The number of carbonyl (C=O) groups excluding carboxylic acids is 2. The first-order valence-electron chi connectivity index (χ1n) is 12.2. The standard InChI is InChI=1S/C26H28FN5O3/c1-14-21(25(34)31-20-10-32(15(2)33)12-26(20)7-8-26)23-24(30-14)22(28-13-29-23)18-9-17(27)5-6-19(18)35-11-16-3-4-16/h5-6,9,13,16,20,30H,3-4,7-8,10-12H2,1-2H3,(H,31,34). The molecule has 0 bridgehead atoms. The van der Waals surface area contributed by atoms with Crippen LogP contribution in [0.5, 0.6) is 5.75 Å². The van der Waals surface area contributed by atoms with Crippen LogP contribution < -0.4 is 10.1 Å². The highest BCUT2D eigenvalue weighted by Crippen LogP contribution is 2.53. The van der Waals surface area contributed by atoms with E-state index in [1.165, 1.54) is 18.5 Å². The van der Waals surface area contributed by atoms with Gasteiger partial charge in [-0.1, -0.05) is 0 Å². The minimum Gasteiger partial charge on any atom is -0.493 e. The van der Waals surface area contributed by atoms with Crippen LogP contribution in [0.1, 0.15) is 48.7 Å². The number of aromatic nitrogens is 3. The van der Waals surface area contributed by atoms with E-state index in [1.807, 2.05) is 11.8 Å². The smallest absolute Gasteiger partial charge is 0.255 e. The van der Waals surface area contributed by atoms with Crippen LogP contribution in [0.4, 0.5) is 4.39 Å². The zero-order valence-corrected chi connectivity index (χ0v) is 19.9. The molecule has 2 aliphatic carbocycles. The average Bonchev–Trinajstić information content (AvgIpc) is 3.73.